The summed E-state index contributed by atoms with van der Waals surface area (Å²) in [5, 5.41) is 7.92. The van der Waals surface area contributed by atoms with Crippen molar-refractivity contribution in [3.63, 3.8) is 0 Å². The van der Waals surface area contributed by atoms with Gasteiger partial charge in [-0.05, 0) is 86.3 Å². The number of rotatable bonds is 3. The zero-order chi connectivity index (χ0) is 19.6. The van der Waals surface area contributed by atoms with Gasteiger partial charge in [0.2, 0.25) is 0 Å². The molecular weight excluding hydrogens is 352 g/mol. The van der Waals surface area contributed by atoms with Crippen LogP contribution in [0.1, 0.15) is 49.8 Å². The molecule has 4 nitrogen and oxygen atoms in total. The maximum atomic E-state index is 5.30. The summed E-state index contributed by atoms with van der Waals surface area (Å²) in [6.45, 7) is 9.05. The molecule has 1 aliphatic rings. The van der Waals surface area contributed by atoms with E-state index in [1.165, 1.54) is 16.8 Å². The minimum atomic E-state index is 0.172. The Balaban J connectivity index is 1.73. The van der Waals surface area contributed by atoms with E-state index >= 15 is 0 Å². The van der Waals surface area contributed by atoms with Crippen molar-refractivity contribution in [2.45, 2.75) is 45.6 Å². The summed E-state index contributed by atoms with van der Waals surface area (Å²) >= 11 is 5.30. The number of anilines is 2. The lowest BCUT2D eigenvalue weighted by Crippen LogP contribution is -2.45. The molecule has 2 aromatic rings. The molecule has 5 heteroatoms. The number of hydrogen-bond donors (Lipinski definition) is 2. The zero-order valence-corrected chi connectivity index (χ0v) is 17.5. The highest BCUT2D eigenvalue weighted by Crippen LogP contribution is 2.43. The lowest BCUT2D eigenvalue weighted by atomic mass is 9.79. The third-order valence-corrected chi connectivity index (χ3v) is 5.62. The van der Waals surface area contributed by atoms with Crippen molar-refractivity contribution in [1.29, 1.82) is 0 Å². The van der Waals surface area contributed by atoms with Crippen LogP contribution in [0.5, 0.6) is 0 Å². The van der Waals surface area contributed by atoms with Gasteiger partial charge in [0.25, 0.3) is 0 Å². The van der Waals surface area contributed by atoms with Crippen molar-refractivity contribution in [2.24, 2.45) is 5.10 Å². The number of hydrazone groups is 1. The van der Waals surface area contributed by atoms with Gasteiger partial charge in [-0.3, -0.25) is 5.43 Å². The molecule has 0 aromatic heterocycles. The van der Waals surface area contributed by atoms with Crippen LogP contribution in [0.15, 0.2) is 47.6 Å². The van der Waals surface area contributed by atoms with Crippen molar-refractivity contribution >= 4 is 34.9 Å². The van der Waals surface area contributed by atoms with Gasteiger partial charge in [0.1, 0.15) is 0 Å². The quantitative estimate of drug-likeness (QED) is 0.445. The molecule has 27 heavy (non-hydrogen) atoms. The minimum Gasteiger partial charge on any atom is -0.369 e. The number of nitrogens with zero attached hydrogens (tertiary/aromatic N) is 2. The van der Waals surface area contributed by atoms with Gasteiger partial charge in [-0.25, -0.2) is 0 Å². The van der Waals surface area contributed by atoms with Crippen LogP contribution in [0.4, 0.5) is 11.4 Å². The van der Waals surface area contributed by atoms with E-state index in [0.29, 0.717) is 11.0 Å². The van der Waals surface area contributed by atoms with Crippen LogP contribution in [0.25, 0.3) is 0 Å². The van der Waals surface area contributed by atoms with E-state index < -0.39 is 0 Å². The average molecular weight is 381 g/mol. The third-order valence-electron chi connectivity index (χ3n) is 5.42. The molecule has 0 bridgehead atoms. The lowest BCUT2D eigenvalue weighted by Gasteiger charge is -2.45. The molecule has 1 unspecified atom stereocenters. The van der Waals surface area contributed by atoms with Gasteiger partial charge in [0.05, 0.1) is 6.21 Å². The predicted octanol–water partition coefficient (Wildman–Crippen LogP) is 5.04. The maximum absolute atomic E-state index is 5.30. The van der Waals surface area contributed by atoms with Crippen molar-refractivity contribution in [3.8, 4) is 0 Å². The molecule has 1 atom stereocenters. The molecule has 1 aliphatic heterocycles. The topological polar surface area (TPSA) is 39.7 Å². The number of para-hydroxylation sites is 1. The summed E-state index contributed by atoms with van der Waals surface area (Å²) in [6.07, 6.45) is 2.99. The Labute approximate surface area is 167 Å². The van der Waals surface area contributed by atoms with E-state index in [-0.39, 0.29) is 5.54 Å². The summed E-state index contributed by atoms with van der Waals surface area (Å²) in [6, 6.07) is 14.4. The Hall–Kier alpha value is -2.40. The highest BCUT2D eigenvalue weighted by atomic mass is 32.1. The molecule has 2 aromatic carbocycles. The highest BCUT2D eigenvalue weighted by Gasteiger charge is 2.34. The number of thiocarbonyl (C=S) groups is 1. The summed E-state index contributed by atoms with van der Waals surface area (Å²) < 4.78 is 0. The number of nitrogens with one attached hydrogen (secondary N) is 2. The second-order valence-corrected chi connectivity index (χ2v) is 8.34. The first-order valence-electron chi connectivity index (χ1n) is 9.31. The maximum Gasteiger partial charge on any atom is 0.191 e. The molecule has 0 amide bonds. The summed E-state index contributed by atoms with van der Waals surface area (Å²) in [5.74, 6) is 0.521. The number of aryl methyl sites for hydroxylation is 1. The fraction of sp³-hybridized carbons (Fsp3) is 0.364. The second kappa shape index (κ2) is 7.69. The Morgan fingerprint density at radius 1 is 1.26 bits per heavy atom. The molecular formula is C22H28N4S. The molecule has 0 saturated carbocycles. The molecule has 0 spiro atoms. The lowest BCUT2D eigenvalue weighted by molar-refractivity contribution is 0.395. The Morgan fingerprint density at radius 3 is 2.67 bits per heavy atom. The van der Waals surface area contributed by atoms with Crippen LogP contribution < -0.4 is 15.6 Å². The molecule has 142 valence electrons. The largest absolute Gasteiger partial charge is 0.369 e. The van der Waals surface area contributed by atoms with E-state index in [4.69, 9.17) is 12.2 Å². The van der Waals surface area contributed by atoms with Gasteiger partial charge >= 0.3 is 0 Å². The SMILES string of the molecule is Cc1cc2c(cc1/C=N/NC(=S)Nc1ccccc1)C(C)CC(C)(C)N2C. The molecule has 0 saturated heterocycles. The number of hydrogen-bond acceptors (Lipinski definition) is 3. The summed E-state index contributed by atoms with van der Waals surface area (Å²) in [4.78, 5) is 2.40. The molecule has 0 radical (unpaired) electrons. The van der Waals surface area contributed by atoms with Crippen LogP contribution in [0.2, 0.25) is 0 Å². The zero-order valence-electron chi connectivity index (χ0n) is 16.7. The molecule has 0 fully saturated rings. The van der Waals surface area contributed by atoms with Gasteiger partial charge in [-0.1, -0.05) is 25.1 Å². The first-order valence-corrected chi connectivity index (χ1v) is 9.72. The Kier molecular flexibility index (Phi) is 5.51. The van der Waals surface area contributed by atoms with Crippen LogP contribution in [0, 0.1) is 6.92 Å². The van der Waals surface area contributed by atoms with Gasteiger partial charge in [-0.15, -0.1) is 0 Å². The Morgan fingerprint density at radius 2 is 1.96 bits per heavy atom. The highest BCUT2D eigenvalue weighted by molar-refractivity contribution is 7.80. The first kappa shape index (κ1) is 19.4. The second-order valence-electron chi connectivity index (χ2n) is 7.93. The Bertz CT molecular complexity index is 858. The first-order chi connectivity index (χ1) is 12.8. The van der Waals surface area contributed by atoms with E-state index in [9.17, 15) is 0 Å². The average Bonchev–Trinajstić information content (AvgIpc) is 2.61. The van der Waals surface area contributed by atoms with Crippen molar-refractivity contribution < 1.29 is 0 Å². The fourth-order valence-electron chi connectivity index (χ4n) is 3.71. The monoisotopic (exact) mass is 380 g/mol. The molecule has 0 aliphatic carbocycles. The van der Waals surface area contributed by atoms with E-state index in [1.54, 1.807) is 0 Å². The summed E-state index contributed by atoms with van der Waals surface area (Å²) in [7, 11) is 2.19. The van der Waals surface area contributed by atoms with Gasteiger partial charge in [0.15, 0.2) is 5.11 Å². The van der Waals surface area contributed by atoms with E-state index in [1.807, 2.05) is 36.5 Å². The molecule has 2 N–H and O–H groups in total. The molecule has 3 rings (SSSR count). The van der Waals surface area contributed by atoms with Crippen molar-refractivity contribution in [3.05, 3.63) is 59.2 Å². The number of benzene rings is 2. The standard InChI is InChI=1S/C22H28N4S/c1-15-11-20-19(16(2)13-22(3,4)26(20)5)12-17(15)14-23-25-21(27)24-18-9-7-6-8-10-18/h6-12,14,16H,13H2,1-5H3,(H2,24,25,27)/b23-14+. The molecule has 1 heterocycles. The minimum absolute atomic E-state index is 0.172. The number of fused-ring (bicyclic) bond motifs is 1. The van der Waals surface area contributed by atoms with Crippen molar-refractivity contribution in [1.82, 2.24) is 5.43 Å². The smallest absolute Gasteiger partial charge is 0.191 e. The van der Waals surface area contributed by atoms with Crippen LogP contribution >= 0.6 is 12.2 Å². The van der Waals surface area contributed by atoms with Gasteiger partial charge in [0, 0.05) is 24.0 Å². The van der Waals surface area contributed by atoms with Crippen molar-refractivity contribution in [2.75, 3.05) is 17.3 Å². The van der Waals surface area contributed by atoms with E-state index in [2.05, 4.69) is 67.6 Å². The van der Waals surface area contributed by atoms with Crippen LogP contribution in [0.3, 0.4) is 0 Å². The fourth-order valence-corrected chi connectivity index (χ4v) is 3.89. The summed E-state index contributed by atoms with van der Waals surface area (Å²) in [5.41, 5.74) is 9.04. The van der Waals surface area contributed by atoms with E-state index in [0.717, 1.165) is 17.7 Å². The van der Waals surface area contributed by atoms with Crippen LogP contribution in [-0.4, -0.2) is 23.9 Å². The predicted molar refractivity (Wildman–Crippen MR) is 120 cm³/mol. The normalized spacial score (nSPS) is 18.3. The third kappa shape index (κ3) is 4.30. The van der Waals surface area contributed by atoms with Gasteiger partial charge < -0.3 is 10.2 Å². The van der Waals surface area contributed by atoms with Gasteiger partial charge in [-0.2, -0.15) is 5.10 Å². The van der Waals surface area contributed by atoms with Crippen LogP contribution in [-0.2, 0) is 0 Å².